The van der Waals surface area contributed by atoms with Gasteiger partial charge in [-0.3, -0.25) is 0 Å². The number of alkyl halides is 1. The number of rotatable bonds is 2. The maximum Gasteiger partial charge on any atom is 0.0411 e. The molecule has 1 fully saturated rings. The lowest BCUT2D eigenvalue weighted by Crippen LogP contribution is -1.83. The highest BCUT2D eigenvalue weighted by atomic mass is 35.5. The number of hydrogen-bond acceptors (Lipinski definition) is 0. The summed E-state index contributed by atoms with van der Waals surface area (Å²) in [5.41, 5.74) is 3.70. The predicted molar refractivity (Wildman–Crippen MR) is 58.1 cm³/mol. The van der Waals surface area contributed by atoms with Crippen LogP contribution in [0.1, 0.15) is 30.4 Å². The molecular formula is C12H13Cl. The highest BCUT2D eigenvalue weighted by Gasteiger charge is 2.36. The van der Waals surface area contributed by atoms with Crippen LogP contribution < -0.4 is 0 Å². The lowest BCUT2D eigenvalue weighted by Gasteiger charge is -2.01. The number of hydrogen-bond donors (Lipinski definition) is 0. The van der Waals surface area contributed by atoms with E-state index in [1.54, 1.807) is 0 Å². The summed E-state index contributed by atoms with van der Waals surface area (Å²) < 4.78 is 0. The quantitative estimate of drug-likeness (QED) is 0.625. The minimum atomic E-state index is 0.371. The highest BCUT2D eigenvalue weighted by molar-refractivity contribution is 6.23. The van der Waals surface area contributed by atoms with Crippen molar-refractivity contribution >= 4 is 17.2 Å². The Morgan fingerprint density at radius 1 is 1.38 bits per heavy atom. The molecule has 68 valence electrons. The maximum atomic E-state index is 5.97. The monoisotopic (exact) mass is 192 g/mol. The molecule has 1 aliphatic rings. The third-order valence-corrected chi connectivity index (χ3v) is 3.03. The molecule has 2 atom stereocenters. The second-order valence-corrected chi connectivity index (χ2v) is 4.32. The predicted octanol–water partition coefficient (Wildman–Crippen LogP) is 3.81. The van der Waals surface area contributed by atoms with Crippen LogP contribution in [0.15, 0.2) is 30.8 Å². The fraction of sp³-hybridized carbons (Fsp3) is 0.333. The van der Waals surface area contributed by atoms with Gasteiger partial charge in [-0.15, -0.1) is 11.6 Å². The Morgan fingerprint density at radius 2 is 1.92 bits per heavy atom. The van der Waals surface area contributed by atoms with Crippen molar-refractivity contribution in [2.45, 2.75) is 24.6 Å². The normalized spacial score (nSPS) is 25.7. The molecule has 0 spiro atoms. The summed E-state index contributed by atoms with van der Waals surface area (Å²) in [6, 6.07) is 8.58. The average molecular weight is 193 g/mol. The molecule has 1 saturated carbocycles. The van der Waals surface area contributed by atoms with Crippen molar-refractivity contribution in [1.82, 2.24) is 0 Å². The molecule has 1 aromatic carbocycles. The summed E-state index contributed by atoms with van der Waals surface area (Å²) in [5.74, 6) is 0.598. The molecule has 13 heavy (non-hydrogen) atoms. The minimum absolute atomic E-state index is 0.371. The Morgan fingerprint density at radius 3 is 2.31 bits per heavy atom. The van der Waals surface area contributed by atoms with Crippen LogP contribution in [0.25, 0.3) is 5.57 Å². The molecule has 1 heteroatoms. The zero-order valence-corrected chi connectivity index (χ0v) is 8.51. The van der Waals surface area contributed by atoms with E-state index in [4.69, 9.17) is 11.6 Å². The molecule has 0 amide bonds. The van der Waals surface area contributed by atoms with Crippen molar-refractivity contribution in [2.75, 3.05) is 0 Å². The van der Waals surface area contributed by atoms with E-state index in [0.717, 1.165) is 12.0 Å². The SMILES string of the molecule is C=C(C)c1ccc([C@@H]2C[C@@H]2Cl)cc1. The molecule has 2 rings (SSSR count). The second kappa shape index (κ2) is 3.19. The van der Waals surface area contributed by atoms with E-state index in [9.17, 15) is 0 Å². The number of halogens is 1. The third-order valence-electron chi connectivity index (χ3n) is 2.54. The van der Waals surface area contributed by atoms with Gasteiger partial charge in [0.05, 0.1) is 0 Å². The van der Waals surface area contributed by atoms with Gasteiger partial charge in [0.1, 0.15) is 0 Å². The van der Waals surface area contributed by atoms with Gasteiger partial charge in [-0.2, -0.15) is 0 Å². The van der Waals surface area contributed by atoms with Crippen molar-refractivity contribution in [3.63, 3.8) is 0 Å². The Bertz CT molecular complexity index is 323. The molecule has 0 heterocycles. The van der Waals surface area contributed by atoms with E-state index in [0.29, 0.717) is 11.3 Å². The Balaban J connectivity index is 2.19. The summed E-state index contributed by atoms with van der Waals surface area (Å²) in [4.78, 5) is 0. The second-order valence-electron chi connectivity index (χ2n) is 3.76. The van der Waals surface area contributed by atoms with Crippen LogP contribution in [0.4, 0.5) is 0 Å². The van der Waals surface area contributed by atoms with Gasteiger partial charge in [0.2, 0.25) is 0 Å². The molecular weight excluding hydrogens is 180 g/mol. The fourth-order valence-corrected chi connectivity index (χ4v) is 1.86. The Hall–Kier alpha value is -0.750. The van der Waals surface area contributed by atoms with Crippen molar-refractivity contribution in [2.24, 2.45) is 0 Å². The first-order valence-electron chi connectivity index (χ1n) is 4.58. The van der Waals surface area contributed by atoms with Crippen LogP contribution in [-0.4, -0.2) is 5.38 Å². The Kier molecular flexibility index (Phi) is 2.17. The number of allylic oxidation sites excluding steroid dienone is 1. The summed E-state index contributed by atoms with van der Waals surface area (Å²) >= 11 is 5.97. The topological polar surface area (TPSA) is 0 Å². The summed E-state index contributed by atoms with van der Waals surface area (Å²) in [6.07, 6.45) is 1.13. The molecule has 0 saturated heterocycles. The average Bonchev–Trinajstić information content (AvgIpc) is 2.83. The van der Waals surface area contributed by atoms with Crippen LogP contribution in [-0.2, 0) is 0 Å². The van der Waals surface area contributed by atoms with Crippen LogP contribution >= 0.6 is 11.6 Å². The molecule has 1 aromatic rings. The molecule has 0 bridgehead atoms. The van der Waals surface area contributed by atoms with E-state index in [1.165, 1.54) is 11.1 Å². The van der Waals surface area contributed by atoms with Gasteiger partial charge in [-0.05, 0) is 24.5 Å². The zero-order chi connectivity index (χ0) is 9.42. The smallest absolute Gasteiger partial charge is 0.0411 e. The largest absolute Gasteiger partial charge is 0.122 e. The lowest BCUT2D eigenvalue weighted by atomic mass is 10.0. The van der Waals surface area contributed by atoms with Crippen molar-refractivity contribution in [3.8, 4) is 0 Å². The van der Waals surface area contributed by atoms with E-state index in [-0.39, 0.29) is 0 Å². The van der Waals surface area contributed by atoms with E-state index in [1.807, 2.05) is 6.92 Å². The molecule has 0 aliphatic heterocycles. The van der Waals surface area contributed by atoms with Gasteiger partial charge >= 0.3 is 0 Å². The van der Waals surface area contributed by atoms with Gasteiger partial charge in [-0.25, -0.2) is 0 Å². The lowest BCUT2D eigenvalue weighted by molar-refractivity contribution is 1.13. The van der Waals surface area contributed by atoms with Gasteiger partial charge < -0.3 is 0 Å². The molecule has 0 aromatic heterocycles. The van der Waals surface area contributed by atoms with E-state index in [2.05, 4.69) is 30.8 Å². The standard InChI is InChI=1S/C12H13Cl/c1-8(2)9-3-5-10(6-4-9)11-7-12(11)13/h3-6,11-12H,1,7H2,2H3/t11-,12-/m0/s1. The summed E-state index contributed by atoms with van der Waals surface area (Å²) in [7, 11) is 0. The Labute approximate surface area is 84.2 Å². The van der Waals surface area contributed by atoms with Gasteiger partial charge in [0, 0.05) is 11.3 Å². The van der Waals surface area contributed by atoms with Gasteiger partial charge in [0.25, 0.3) is 0 Å². The molecule has 1 aliphatic carbocycles. The van der Waals surface area contributed by atoms with Crippen LogP contribution in [0, 0.1) is 0 Å². The fourth-order valence-electron chi connectivity index (χ4n) is 1.52. The van der Waals surface area contributed by atoms with Crippen molar-refractivity contribution < 1.29 is 0 Å². The first-order valence-corrected chi connectivity index (χ1v) is 5.02. The van der Waals surface area contributed by atoms with E-state index < -0.39 is 0 Å². The first-order chi connectivity index (χ1) is 6.18. The zero-order valence-electron chi connectivity index (χ0n) is 7.76. The molecule has 0 radical (unpaired) electrons. The molecule has 0 N–H and O–H groups in total. The molecule has 0 unspecified atom stereocenters. The third kappa shape index (κ3) is 1.78. The molecule has 0 nitrogen and oxygen atoms in total. The van der Waals surface area contributed by atoms with Crippen molar-refractivity contribution in [1.29, 1.82) is 0 Å². The van der Waals surface area contributed by atoms with E-state index >= 15 is 0 Å². The van der Waals surface area contributed by atoms with Crippen LogP contribution in [0.3, 0.4) is 0 Å². The highest BCUT2D eigenvalue weighted by Crippen LogP contribution is 2.45. The first kappa shape index (κ1) is 8.83. The van der Waals surface area contributed by atoms with Gasteiger partial charge in [0.15, 0.2) is 0 Å². The maximum absolute atomic E-state index is 5.97. The summed E-state index contributed by atoms with van der Waals surface area (Å²) in [5, 5.41) is 0.371. The van der Waals surface area contributed by atoms with Crippen LogP contribution in [0.5, 0.6) is 0 Å². The number of benzene rings is 1. The summed E-state index contributed by atoms with van der Waals surface area (Å²) in [6.45, 7) is 5.93. The van der Waals surface area contributed by atoms with Crippen LogP contribution in [0.2, 0.25) is 0 Å². The van der Waals surface area contributed by atoms with Crippen molar-refractivity contribution in [3.05, 3.63) is 42.0 Å². The minimum Gasteiger partial charge on any atom is -0.122 e. The van der Waals surface area contributed by atoms with Gasteiger partial charge in [-0.1, -0.05) is 36.4 Å².